The first-order valence-corrected chi connectivity index (χ1v) is 18.7. The van der Waals surface area contributed by atoms with Crippen LogP contribution in [-0.2, 0) is 14.3 Å². The van der Waals surface area contributed by atoms with Crippen molar-refractivity contribution in [3.05, 3.63) is 59.2 Å². The van der Waals surface area contributed by atoms with Gasteiger partial charge in [0.15, 0.2) is 0 Å². The third-order valence-corrected chi connectivity index (χ3v) is 7.30. The van der Waals surface area contributed by atoms with Crippen molar-refractivity contribution in [1.82, 2.24) is 5.32 Å². The molecule has 0 bridgehead atoms. The number of rotatable bonds is 7. The molecule has 1 amide bonds. The number of nitrogens with one attached hydrogen (secondary N) is 1. The molecule has 294 valence electrons. The van der Waals surface area contributed by atoms with Crippen LogP contribution in [0.5, 0.6) is 11.5 Å². The molecule has 0 heterocycles. The average Bonchev–Trinajstić information content (AvgIpc) is 3.78. The van der Waals surface area contributed by atoms with Crippen LogP contribution in [0, 0.1) is 24.5 Å². The van der Waals surface area contributed by atoms with Gasteiger partial charge in [0.2, 0.25) is 0 Å². The zero-order valence-electron chi connectivity index (χ0n) is 35.3. The number of hydrogen-bond acceptors (Lipinski definition) is 6. The molecule has 2 aliphatic rings. The zero-order valence-corrected chi connectivity index (χ0v) is 37.3. The van der Waals surface area contributed by atoms with Crippen molar-refractivity contribution in [2.45, 2.75) is 165 Å². The Kier molecular flexibility index (Phi) is 31.2. The maximum absolute atomic E-state index is 13.2. The summed E-state index contributed by atoms with van der Waals surface area (Å²) >= 11 is 0. The topological polar surface area (TPSA) is 83.1 Å². The minimum Gasteiger partial charge on any atom is -0.649 e. The van der Waals surface area contributed by atoms with E-state index in [-0.39, 0.29) is 58.9 Å². The van der Waals surface area contributed by atoms with Gasteiger partial charge in [-0.25, -0.2) is 13.6 Å². The SMILES string of the molecule is C1CCCC1.CC.CC.CC(C)(C)O[C-]=O.COc1cc(F)ccc1C(C)C.Cc1ccc(F)cc1OCC1CCC(NC(=O)OC(C)(C)C)C1.[Na+]. The Hall–Kier alpha value is -2.36. The van der Waals surface area contributed by atoms with E-state index in [9.17, 15) is 18.4 Å². The normalized spacial score (nSPS) is 15.7. The van der Waals surface area contributed by atoms with Crippen LogP contribution < -0.4 is 44.3 Å². The monoisotopic (exact) mass is 746 g/mol. The van der Waals surface area contributed by atoms with Crippen LogP contribution in [0.2, 0.25) is 0 Å². The minimum absolute atomic E-state index is 0. The largest absolute Gasteiger partial charge is 1.00 e. The molecule has 52 heavy (non-hydrogen) atoms. The Morgan fingerprint density at radius 1 is 0.846 bits per heavy atom. The van der Waals surface area contributed by atoms with Crippen molar-refractivity contribution in [1.29, 1.82) is 0 Å². The summed E-state index contributed by atoms with van der Waals surface area (Å²) in [6, 6.07) is 9.31. The summed E-state index contributed by atoms with van der Waals surface area (Å²) in [4.78, 5) is 21.2. The van der Waals surface area contributed by atoms with Crippen molar-refractivity contribution in [2.75, 3.05) is 13.7 Å². The summed E-state index contributed by atoms with van der Waals surface area (Å²) in [5.74, 6) is 1.40. The summed E-state index contributed by atoms with van der Waals surface area (Å²) in [6.45, 7) is 26.8. The second-order valence-corrected chi connectivity index (χ2v) is 14.3. The smallest absolute Gasteiger partial charge is 0.649 e. The van der Waals surface area contributed by atoms with E-state index in [1.165, 1.54) is 62.8 Å². The van der Waals surface area contributed by atoms with Gasteiger partial charge >= 0.3 is 35.7 Å². The van der Waals surface area contributed by atoms with Crippen molar-refractivity contribution < 1.29 is 66.9 Å². The van der Waals surface area contributed by atoms with E-state index in [2.05, 4.69) is 23.9 Å². The molecule has 0 aromatic heterocycles. The van der Waals surface area contributed by atoms with E-state index in [0.29, 0.717) is 29.9 Å². The molecule has 2 atom stereocenters. The first kappa shape index (κ1) is 54.0. The maximum Gasteiger partial charge on any atom is 1.00 e. The molecule has 4 rings (SSSR count). The average molecular weight is 746 g/mol. The van der Waals surface area contributed by atoms with Gasteiger partial charge in [-0.1, -0.05) is 92.3 Å². The van der Waals surface area contributed by atoms with E-state index in [0.717, 1.165) is 30.4 Å². The molecule has 2 saturated carbocycles. The molecule has 1 N–H and O–H groups in total. The molecule has 0 saturated heterocycles. The fourth-order valence-corrected chi connectivity index (χ4v) is 4.94. The number of ether oxygens (including phenoxy) is 4. The van der Waals surface area contributed by atoms with Crippen molar-refractivity contribution >= 4 is 12.6 Å². The molecule has 2 aromatic carbocycles. The van der Waals surface area contributed by atoms with Crippen LogP contribution in [0.4, 0.5) is 13.6 Å². The van der Waals surface area contributed by atoms with Crippen LogP contribution in [-0.4, -0.2) is 43.5 Å². The first-order chi connectivity index (χ1) is 23.9. The number of hydrogen-bond donors (Lipinski definition) is 1. The molecule has 7 nitrogen and oxygen atoms in total. The van der Waals surface area contributed by atoms with Crippen LogP contribution in [0.3, 0.4) is 0 Å². The van der Waals surface area contributed by atoms with Crippen LogP contribution >= 0.6 is 0 Å². The van der Waals surface area contributed by atoms with E-state index in [1.54, 1.807) is 40.0 Å². The molecule has 2 fully saturated rings. The summed E-state index contributed by atoms with van der Waals surface area (Å²) < 4.78 is 46.5. The number of benzene rings is 2. The predicted octanol–water partition coefficient (Wildman–Crippen LogP) is 9.04. The summed E-state index contributed by atoms with van der Waals surface area (Å²) in [6.07, 6.45) is 9.88. The molecule has 0 aliphatic heterocycles. The Morgan fingerprint density at radius 3 is 1.77 bits per heavy atom. The van der Waals surface area contributed by atoms with E-state index in [1.807, 2.05) is 55.4 Å². The van der Waals surface area contributed by atoms with E-state index >= 15 is 0 Å². The molecule has 2 unspecified atom stereocenters. The standard InChI is InChI=1S/C18H26FNO3.C10H13FO.C5H9O2.C5H10.2C2H6.Na/c1-12-5-7-14(19)10-16(12)22-11-13-6-8-15(9-13)20-17(21)23-18(2,3)4;1-7(2)9-5-4-8(11)6-10(9)12-3;1-5(2,3)7-4-6;1-2-4-5-3-1;2*1-2;/h5,7,10,13,15H,6,8-9,11H2,1-4H3,(H,20,21);4-7H,1-3H3;1-3H3;1-5H2;2*1-2H3;/q;;-1;;;;+1. The number of methoxy groups -OCH3 is 1. The van der Waals surface area contributed by atoms with Gasteiger partial charge in [-0.05, 0) is 103 Å². The van der Waals surface area contributed by atoms with E-state index < -0.39 is 5.60 Å². The molecule has 10 heteroatoms. The Labute approximate surface area is 338 Å². The van der Waals surface area contributed by atoms with Gasteiger partial charge in [0.1, 0.15) is 28.7 Å². The molecular weight excluding hydrogens is 675 g/mol. The van der Waals surface area contributed by atoms with Crippen molar-refractivity contribution in [3.8, 4) is 11.5 Å². The van der Waals surface area contributed by atoms with Gasteiger partial charge in [0.05, 0.1) is 19.3 Å². The molecule has 0 spiro atoms. The number of halogens is 2. The third kappa shape index (κ3) is 27.3. The van der Waals surface area contributed by atoms with Crippen LogP contribution in [0.15, 0.2) is 36.4 Å². The quantitative estimate of drug-likeness (QED) is 0.225. The molecular formula is C42H70F2NNaO6. The summed E-state index contributed by atoms with van der Waals surface area (Å²) in [5, 5.41) is 2.91. The number of carbonyl (C=O) groups excluding carboxylic acids is 2. The van der Waals surface area contributed by atoms with Gasteiger partial charge in [-0.15, -0.1) is 0 Å². The minimum atomic E-state index is -0.486. The van der Waals surface area contributed by atoms with Gasteiger partial charge in [-0.3, -0.25) is 0 Å². The predicted molar refractivity (Wildman–Crippen MR) is 206 cm³/mol. The molecule has 2 aromatic rings. The van der Waals surface area contributed by atoms with Crippen LogP contribution in [0.1, 0.15) is 151 Å². The van der Waals surface area contributed by atoms with Gasteiger partial charge in [-0.2, -0.15) is 0 Å². The van der Waals surface area contributed by atoms with Crippen molar-refractivity contribution in [3.63, 3.8) is 0 Å². The van der Waals surface area contributed by atoms with Gasteiger partial charge < -0.3 is 29.1 Å². The fourth-order valence-electron chi connectivity index (χ4n) is 4.94. The second-order valence-electron chi connectivity index (χ2n) is 14.3. The van der Waals surface area contributed by atoms with Crippen molar-refractivity contribution in [2.24, 2.45) is 5.92 Å². The summed E-state index contributed by atoms with van der Waals surface area (Å²) in [7, 11) is 1.56. The summed E-state index contributed by atoms with van der Waals surface area (Å²) in [5.41, 5.74) is 1.11. The first-order valence-electron chi connectivity index (χ1n) is 18.7. The second kappa shape index (κ2) is 30.0. The van der Waals surface area contributed by atoms with Gasteiger partial charge in [0, 0.05) is 18.2 Å². The van der Waals surface area contributed by atoms with Gasteiger partial charge in [0.25, 0.3) is 0 Å². The fraction of sp³-hybridized carbons (Fsp3) is 0.667. The molecule has 0 radical (unpaired) electrons. The number of carbonyl (C=O) groups is 1. The van der Waals surface area contributed by atoms with Crippen LogP contribution in [0.25, 0.3) is 0 Å². The van der Waals surface area contributed by atoms with E-state index in [4.69, 9.17) is 14.2 Å². The number of alkyl carbamates (subject to hydrolysis) is 1. The third-order valence-electron chi connectivity index (χ3n) is 7.30. The Morgan fingerprint density at radius 2 is 1.35 bits per heavy atom. The maximum atomic E-state index is 13.2. The Bertz CT molecular complexity index is 1200. The Balaban J connectivity index is -0.000000690. The number of amides is 1. The number of aryl methyl sites for hydroxylation is 1. The zero-order chi connectivity index (χ0) is 39.6. The molecule has 2 aliphatic carbocycles.